The molecule has 0 aliphatic heterocycles. The van der Waals surface area contributed by atoms with Gasteiger partial charge < -0.3 is 5.32 Å². The molecule has 0 atom stereocenters. The van der Waals surface area contributed by atoms with Gasteiger partial charge in [0.1, 0.15) is 0 Å². The molecule has 0 bridgehead atoms. The minimum absolute atomic E-state index is 0.753. The van der Waals surface area contributed by atoms with Crippen LogP contribution in [-0.2, 0) is 6.54 Å². The monoisotopic (exact) mass is 227 g/mol. The summed E-state index contributed by atoms with van der Waals surface area (Å²) in [5.41, 5.74) is 1.32. The van der Waals surface area contributed by atoms with Crippen molar-refractivity contribution < 1.29 is 0 Å². The van der Waals surface area contributed by atoms with Gasteiger partial charge in [-0.05, 0) is 30.7 Å². The molecule has 1 nitrogen and oxygen atoms in total. The van der Waals surface area contributed by atoms with Gasteiger partial charge in [-0.25, -0.2) is 0 Å². The molecule has 1 saturated carbocycles. The molecule has 1 aromatic carbocycles. The van der Waals surface area contributed by atoms with Crippen molar-refractivity contribution in [3.63, 3.8) is 0 Å². The van der Waals surface area contributed by atoms with Crippen LogP contribution in [0.1, 0.15) is 18.4 Å². The highest BCUT2D eigenvalue weighted by Gasteiger charge is 2.20. The van der Waals surface area contributed by atoms with Crippen molar-refractivity contribution in [3.8, 4) is 0 Å². The Morgan fingerprint density at radius 1 is 1.50 bits per heavy atom. The molecule has 0 amide bonds. The fourth-order valence-corrected chi connectivity index (χ4v) is 2.55. The number of thioether (sulfide) groups is 1. The minimum atomic E-state index is 0.753. The lowest BCUT2D eigenvalue weighted by atomic mass is 10.2. The predicted molar refractivity (Wildman–Crippen MR) is 63.1 cm³/mol. The van der Waals surface area contributed by atoms with Crippen LogP contribution in [0.15, 0.2) is 23.1 Å². The van der Waals surface area contributed by atoms with Gasteiger partial charge in [0.25, 0.3) is 0 Å². The molecule has 0 aromatic heterocycles. The van der Waals surface area contributed by atoms with Crippen molar-refractivity contribution >= 4 is 23.4 Å². The van der Waals surface area contributed by atoms with Crippen LogP contribution < -0.4 is 5.32 Å². The largest absolute Gasteiger partial charge is 0.310 e. The summed E-state index contributed by atoms with van der Waals surface area (Å²) >= 11 is 7.83. The average Bonchev–Trinajstić information content (AvgIpc) is 2.98. The van der Waals surface area contributed by atoms with E-state index in [1.54, 1.807) is 11.8 Å². The van der Waals surface area contributed by atoms with Gasteiger partial charge in [0, 0.05) is 17.5 Å². The normalized spacial score (nSPS) is 15.9. The molecule has 1 N–H and O–H groups in total. The minimum Gasteiger partial charge on any atom is -0.310 e. The first kappa shape index (κ1) is 10.3. The summed E-state index contributed by atoms with van der Waals surface area (Å²) in [6.07, 6.45) is 4.73. The summed E-state index contributed by atoms with van der Waals surface area (Å²) in [6, 6.07) is 6.87. The summed E-state index contributed by atoms with van der Waals surface area (Å²) in [7, 11) is 0. The van der Waals surface area contributed by atoms with Crippen LogP contribution in [0.25, 0.3) is 0 Å². The van der Waals surface area contributed by atoms with Crippen LogP contribution in [0.5, 0.6) is 0 Å². The van der Waals surface area contributed by atoms with Crippen molar-refractivity contribution in [1.82, 2.24) is 5.32 Å². The zero-order chi connectivity index (χ0) is 9.97. The SMILES string of the molecule is CSc1c(Cl)cccc1CNC1CC1. The van der Waals surface area contributed by atoms with E-state index >= 15 is 0 Å². The van der Waals surface area contributed by atoms with Crippen LogP contribution >= 0.6 is 23.4 Å². The Morgan fingerprint density at radius 3 is 2.93 bits per heavy atom. The van der Waals surface area contributed by atoms with E-state index in [2.05, 4.69) is 17.6 Å². The second-order valence-electron chi connectivity index (χ2n) is 3.59. The smallest absolute Gasteiger partial charge is 0.0545 e. The molecule has 14 heavy (non-hydrogen) atoms. The van der Waals surface area contributed by atoms with Crippen molar-refractivity contribution in [2.45, 2.75) is 30.3 Å². The Bertz CT molecular complexity index is 323. The van der Waals surface area contributed by atoms with Crippen molar-refractivity contribution in [2.24, 2.45) is 0 Å². The van der Waals surface area contributed by atoms with Crippen LogP contribution in [0.3, 0.4) is 0 Å². The van der Waals surface area contributed by atoms with Crippen LogP contribution in [0.4, 0.5) is 0 Å². The number of hydrogen-bond donors (Lipinski definition) is 1. The summed E-state index contributed by atoms with van der Waals surface area (Å²) in [5, 5.41) is 4.37. The van der Waals surface area contributed by atoms with Crippen molar-refractivity contribution in [3.05, 3.63) is 28.8 Å². The van der Waals surface area contributed by atoms with Crippen molar-refractivity contribution in [2.75, 3.05) is 6.26 Å². The molecule has 0 radical (unpaired) electrons. The van der Waals surface area contributed by atoms with E-state index in [1.807, 2.05) is 12.1 Å². The van der Waals surface area contributed by atoms with Crippen LogP contribution in [0.2, 0.25) is 5.02 Å². The molecular formula is C11H14ClNS. The first-order valence-electron chi connectivity index (χ1n) is 4.86. The zero-order valence-corrected chi connectivity index (χ0v) is 9.79. The third-order valence-electron chi connectivity index (χ3n) is 2.41. The van der Waals surface area contributed by atoms with Gasteiger partial charge in [0.05, 0.1) is 5.02 Å². The second kappa shape index (κ2) is 4.56. The summed E-state index contributed by atoms with van der Waals surface area (Å²) in [6.45, 7) is 0.946. The number of rotatable bonds is 4. The van der Waals surface area contributed by atoms with Gasteiger partial charge in [-0.1, -0.05) is 23.7 Å². The zero-order valence-electron chi connectivity index (χ0n) is 8.22. The average molecular weight is 228 g/mol. The van der Waals surface area contributed by atoms with Gasteiger partial charge in [-0.2, -0.15) is 0 Å². The number of hydrogen-bond acceptors (Lipinski definition) is 2. The first-order chi connectivity index (χ1) is 6.81. The molecule has 2 rings (SSSR count). The number of benzene rings is 1. The Hall–Kier alpha value is -0.180. The van der Waals surface area contributed by atoms with E-state index in [0.29, 0.717) is 0 Å². The van der Waals surface area contributed by atoms with E-state index in [-0.39, 0.29) is 0 Å². The number of nitrogens with one attached hydrogen (secondary N) is 1. The van der Waals surface area contributed by atoms with E-state index in [0.717, 1.165) is 17.6 Å². The molecule has 1 aromatic rings. The van der Waals surface area contributed by atoms with Gasteiger partial charge in [0.15, 0.2) is 0 Å². The van der Waals surface area contributed by atoms with E-state index in [9.17, 15) is 0 Å². The maximum atomic E-state index is 6.11. The Labute approximate surface area is 94.2 Å². The summed E-state index contributed by atoms with van der Waals surface area (Å²) in [5.74, 6) is 0. The van der Waals surface area contributed by atoms with Gasteiger partial charge in [-0.3, -0.25) is 0 Å². The van der Waals surface area contributed by atoms with Gasteiger partial charge in [-0.15, -0.1) is 11.8 Å². The Balaban J connectivity index is 2.09. The summed E-state index contributed by atoms with van der Waals surface area (Å²) < 4.78 is 0. The molecule has 76 valence electrons. The maximum absolute atomic E-state index is 6.11. The molecule has 1 aliphatic carbocycles. The second-order valence-corrected chi connectivity index (χ2v) is 4.81. The Morgan fingerprint density at radius 2 is 2.29 bits per heavy atom. The fourth-order valence-electron chi connectivity index (χ4n) is 1.46. The topological polar surface area (TPSA) is 12.0 Å². The van der Waals surface area contributed by atoms with Crippen LogP contribution in [0, 0.1) is 0 Å². The molecule has 1 aliphatic rings. The lowest BCUT2D eigenvalue weighted by Gasteiger charge is -2.09. The van der Waals surface area contributed by atoms with Gasteiger partial charge in [0.2, 0.25) is 0 Å². The first-order valence-corrected chi connectivity index (χ1v) is 6.46. The van der Waals surface area contributed by atoms with E-state index in [1.165, 1.54) is 23.3 Å². The van der Waals surface area contributed by atoms with Gasteiger partial charge >= 0.3 is 0 Å². The number of halogens is 1. The highest BCUT2D eigenvalue weighted by atomic mass is 35.5. The predicted octanol–water partition coefficient (Wildman–Crippen LogP) is 3.31. The lowest BCUT2D eigenvalue weighted by Crippen LogP contribution is -2.15. The summed E-state index contributed by atoms with van der Waals surface area (Å²) in [4.78, 5) is 1.21. The highest BCUT2D eigenvalue weighted by molar-refractivity contribution is 7.98. The van der Waals surface area contributed by atoms with E-state index < -0.39 is 0 Å². The molecule has 1 fully saturated rings. The molecule has 0 saturated heterocycles. The quantitative estimate of drug-likeness (QED) is 0.793. The third kappa shape index (κ3) is 2.44. The molecule has 0 unspecified atom stereocenters. The van der Waals surface area contributed by atoms with E-state index in [4.69, 9.17) is 11.6 Å². The highest BCUT2D eigenvalue weighted by Crippen LogP contribution is 2.29. The molecule has 0 spiro atoms. The fraction of sp³-hybridized carbons (Fsp3) is 0.455. The van der Waals surface area contributed by atoms with Crippen LogP contribution in [-0.4, -0.2) is 12.3 Å². The van der Waals surface area contributed by atoms with Crippen molar-refractivity contribution in [1.29, 1.82) is 0 Å². The standard InChI is InChI=1S/C11H14ClNS/c1-14-11-8(3-2-4-10(11)12)7-13-9-5-6-9/h2-4,9,13H,5-7H2,1H3. The molecule has 0 heterocycles. The Kier molecular flexibility index (Phi) is 3.37. The third-order valence-corrected chi connectivity index (χ3v) is 3.73. The maximum Gasteiger partial charge on any atom is 0.0545 e. The molecule has 3 heteroatoms. The molecular weight excluding hydrogens is 214 g/mol. The lowest BCUT2D eigenvalue weighted by molar-refractivity contribution is 0.680.